The second-order valence-electron chi connectivity index (χ2n) is 7.36. The van der Waals surface area contributed by atoms with Crippen LogP contribution >= 0.6 is 0 Å². The van der Waals surface area contributed by atoms with Gasteiger partial charge in [-0.2, -0.15) is 13.2 Å². The first-order chi connectivity index (χ1) is 16.1. The lowest BCUT2D eigenvalue weighted by molar-refractivity contribution is -0.146. The number of esters is 1. The number of aromatic nitrogens is 2. The first kappa shape index (κ1) is 24.7. The fourth-order valence-electron chi connectivity index (χ4n) is 3.19. The standard InChI is InChI=1S/C21H22F3N5O5/c1-13(30)33-12-19(31)27-28-20(32)16-6-7-18(26-25-16)29-10-8-14(9-11-29)34-17-5-3-2-4-15(17)21(22,23)24/h2-7,14H,8-12H2,1H3,(H,27,31)(H,28,32). The Labute approximate surface area is 192 Å². The van der Waals surface area contributed by atoms with Crippen molar-refractivity contribution in [2.75, 3.05) is 24.6 Å². The molecule has 0 bridgehead atoms. The fourth-order valence-corrected chi connectivity index (χ4v) is 3.19. The Morgan fingerprint density at radius 3 is 2.38 bits per heavy atom. The molecule has 2 heterocycles. The van der Waals surface area contributed by atoms with E-state index in [9.17, 15) is 27.6 Å². The molecule has 0 aliphatic carbocycles. The Morgan fingerprint density at radius 2 is 1.76 bits per heavy atom. The summed E-state index contributed by atoms with van der Waals surface area (Å²) in [5.41, 5.74) is 3.33. The number of rotatable bonds is 6. The number of ether oxygens (including phenoxy) is 2. The molecule has 1 aliphatic rings. The number of hydrazine groups is 1. The Kier molecular flexibility index (Phi) is 7.87. The number of carbonyl (C=O) groups is 3. The van der Waals surface area contributed by atoms with Crippen LogP contribution < -0.4 is 20.5 Å². The molecule has 0 radical (unpaired) electrons. The van der Waals surface area contributed by atoms with Crippen LogP contribution in [0.3, 0.4) is 0 Å². The van der Waals surface area contributed by atoms with E-state index in [4.69, 9.17) is 4.74 Å². The highest BCUT2D eigenvalue weighted by molar-refractivity contribution is 5.93. The van der Waals surface area contributed by atoms with Gasteiger partial charge in [0.05, 0.1) is 5.56 Å². The molecule has 1 aromatic heterocycles. The third kappa shape index (κ3) is 6.80. The van der Waals surface area contributed by atoms with E-state index < -0.39 is 36.1 Å². The largest absolute Gasteiger partial charge is 0.490 e. The van der Waals surface area contributed by atoms with Crippen molar-refractivity contribution in [3.05, 3.63) is 47.7 Å². The first-order valence-electron chi connectivity index (χ1n) is 10.3. The second kappa shape index (κ2) is 10.8. The molecule has 2 N–H and O–H groups in total. The number of halogens is 3. The molecule has 0 unspecified atom stereocenters. The monoisotopic (exact) mass is 481 g/mol. The SMILES string of the molecule is CC(=O)OCC(=O)NNC(=O)c1ccc(N2CCC(Oc3ccccc3C(F)(F)F)CC2)nn1. The maximum atomic E-state index is 13.2. The zero-order valence-electron chi connectivity index (χ0n) is 18.1. The van der Waals surface area contributed by atoms with Crippen LogP contribution in [0.25, 0.3) is 0 Å². The van der Waals surface area contributed by atoms with Crippen molar-refractivity contribution < 1.29 is 37.0 Å². The summed E-state index contributed by atoms with van der Waals surface area (Å²) in [5.74, 6) is -1.78. The van der Waals surface area contributed by atoms with Crippen LogP contribution in [-0.2, 0) is 20.5 Å². The Hall–Kier alpha value is -3.90. The second-order valence-corrected chi connectivity index (χ2v) is 7.36. The number of carbonyl (C=O) groups excluding carboxylic acids is 3. The van der Waals surface area contributed by atoms with Gasteiger partial charge in [-0.05, 0) is 24.3 Å². The number of nitrogens with zero attached hydrogens (tertiary/aromatic N) is 3. The first-order valence-corrected chi connectivity index (χ1v) is 10.3. The van der Waals surface area contributed by atoms with Gasteiger partial charge < -0.3 is 14.4 Å². The van der Waals surface area contributed by atoms with E-state index in [1.807, 2.05) is 4.90 Å². The van der Waals surface area contributed by atoms with Gasteiger partial charge in [-0.15, -0.1) is 10.2 Å². The normalized spacial score (nSPS) is 14.3. The molecular weight excluding hydrogens is 459 g/mol. The number of anilines is 1. The minimum absolute atomic E-state index is 0.0569. The molecule has 0 atom stereocenters. The van der Waals surface area contributed by atoms with E-state index in [0.29, 0.717) is 31.7 Å². The van der Waals surface area contributed by atoms with Crippen LogP contribution in [0.5, 0.6) is 5.75 Å². The van der Waals surface area contributed by atoms with E-state index in [2.05, 4.69) is 25.8 Å². The van der Waals surface area contributed by atoms with Crippen LogP contribution in [0.2, 0.25) is 0 Å². The number of nitrogens with one attached hydrogen (secondary N) is 2. The average molecular weight is 481 g/mol. The van der Waals surface area contributed by atoms with Crippen LogP contribution in [0.1, 0.15) is 35.8 Å². The molecule has 1 fully saturated rings. The summed E-state index contributed by atoms with van der Waals surface area (Å²) >= 11 is 0. The third-order valence-electron chi connectivity index (χ3n) is 4.86. The topological polar surface area (TPSA) is 123 Å². The van der Waals surface area contributed by atoms with Gasteiger partial charge in [0.1, 0.15) is 11.9 Å². The van der Waals surface area contributed by atoms with Crippen molar-refractivity contribution in [2.45, 2.75) is 32.0 Å². The number of alkyl halides is 3. The molecular formula is C21H22F3N5O5. The summed E-state index contributed by atoms with van der Waals surface area (Å²) in [6.07, 6.45) is -3.92. The van der Waals surface area contributed by atoms with E-state index in [1.54, 1.807) is 6.07 Å². The lowest BCUT2D eigenvalue weighted by atomic mass is 10.1. The molecule has 1 aliphatic heterocycles. The van der Waals surface area contributed by atoms with Crippen molar-refractivity contribution in [1.29, 1.82) is 0 Å². The summed E-state index contributed by atoms with van der Waals surface area (Å²) in [7, 11) is 0. The highest BCUT2D eigenvalue weighted by Crippen LogP contribution is 2.37. The van der Waals surface area contributed by atoms with Crippen LogP contribution in [0, 0.1) is 0 Å². The number of piperidine rings is 1. The fraction of sp³-hybridized carbons (Fsp3) is 0.381. The van der Waals surface area contributed by atoms with Gasteiger partial charge in [-0.1, -0.05) is 12.1 Å². The van der Waals surface area contributed by atoms with Gasteiger partial charge in [0.25, 0.3) is 11.8 Å². The third-order valence-corrected chi connectivity index (χ3v) is 4.86. The molecule has 13 heteroatoms. The van der Waals surface area contributed by atoms with Gasteiger partial charge in [0.15, 0.2) is 18.1 Å². The highest BCUT2D eigenvalue weighted by atomic mass is 19.4. The van der Waals surface area contributed by atoms with Crippen LogP contribution in [0.15, 0.2) is 36.4 Å². The minimum Gasteiger partial charge on any atom is -0.490 e. The predicted octanol–water partition coefficient (Wildman–Crippen LogP) is 1.87. The van der Waals surface area contributed by atoms with Gasteiger partial charge in [0.2, 0.25) is 0 Å². The minimum atomic E-state index is -4.49. The highest BCUT2D eigenvalue weighted by Gasteiger charge is 2.35. The zero-order valence-corrected chi connectivity index (χ0v) is 18.1. The molecule has 1 saturated heterocycles. The van der Waals surface area contributed by atoms with E-state index in [-0.39, 0.29) is 17.5 Å². The van der Waals surface area contributed by atoms with Crippen molar-refractivity contribution in [3.63, 3.8) is 0 Å². The molecule has 2 aromatic rings. The Bertz CT molecular complexity index is 1020. The summed E-state index contributed by atoms with van der Waals surface area (Å²) in [5, 5.41) is 7.84. The lowest BCUT2D eigenvalue weighted by Crippen LogP contribution is -2.44. The number of amides is 2. The number of benzene rings is 1. The maximum Gasteiger partial charge on any atom is 0.419 e. The van der Waals surface area contributed by atoms with Gasteiger partial charge >= 0.3 is 12.1 Å². The van der Waals surface area contributed by atoms with E-state index >= 15 is 0 Å². The number of hydrogen-bond acceptors (Lipinski definition) is 8. The zero-order chi connectivity index (χ0) is 24.7. The number of hydrogen-bond donors (Lipinski definition) is 2. The maximum absolute atomic E-state index is 13.2. The molecule has 1 aromatic carbocycles. The quantitative estimate of drug-likeness (QED) is 0.474. The average Bonchev–Trinajstić information content (AvgIpc) is 2.81. The summed E-state index contributed by atoms with van der Waals surface area (Å²) in [4.78, 5) is 36.0. The summed E-state index contributed by atoms with van der Waals surface area (Å²) in [6.45, 7) is 1.56. The van der Waals surface area contributed by atoms with Gasteiger partial charge in [-0.25, -0.2) is 0 Å². The lowest BCUT2D eigenvalue weighted by Gasteiger charge is -2.33. The molecule has 182 valence electrons. The summed E-state index contributed by atoms with van der Waals surface area (Å²) in [6, 6.07) is 8.10. The van der Waals surface area contributed by atoms with E-state index in [1.165, 1.54) is 24.3 Å². The van der Waals surface area contributed by atoms with Gasteiger partial charge in [0, 0.05) is 32.9 Å². The Morgan fingerprint density at radius 1 is 1.06 bits per heavy atom. The molecule has 34 heavy (non-hydrogen) atoms. The molecule has 0 spiro atoms. The predicted molar refractivity (Wildman–Crippen MR) is 112 cm³/mol. The molecule has 2 amide bonds. The molecule has 3 rings (SSSR count). The van der Waals surface area contributed by atoms with Crippen molar-refractivity contribution in [2.24, 2.45) is 0 Å². The Balaban J connectivity index is 1.49. The van der Waals surface area contributed by atoms with E-state index in [0.717, 1.165) is 13.0 Å². The van der Waals surface area contributed by atoms with Crippen molar-refractivity contribution >= 4 is 23.6 Å². The summed E-state index contributed by atoms with van der Waals surface area (Å²) < 4.78 is 49.6. The number of para-hydroxylation sites is 1. The van der Waals surface area contributed by atoms with Gasteiger partial charge in [-0.3, -0.25) is 25.2 Å². The van der Waals surface area contributed by atoms with Crippen LogP contribution in [-0.4, -0.2) is 53.8 Å². The molecule has 0 saturated carbocycles. The van der Waals surface area contributed by atoms with Crippen molar-refractivity contribution in [3.8, 4) is 5.75 Å². The van der Waals surface area contributed by atoms with Crippen molar-refractivity contribution in [1.82, 2.24) is 21.0 Å². The smallest absolute Gasteiger partial charge is 0.419 e. The molecule has 10 nitrogen and oxygen atoms in total. The van der Waals surface area contributed by atoms with Crippen LogP contribution in [0.4, 0.5) is 19.0 Å².